The van der Waals surface area contributed by atoms with Gasteiger partial charge in [-0.1, -0.05) is 5.11 Å². The number of nitrogen functional groups attached to an aromatic ring is 1. The molecule has 6 N–H and O–H groups in total. The predicted octanol–water partition coefficient (Wildman–Crippen LogP) is -0.197. The fourth-order valence-corrected chi connectivity index (χ4v) is 5.95. The van der Waals surface area contributed by atoms with Crippen LogP contribution < -0.4 is 15.4 Å². The number of anilines is 1. The number of aromatic nitrogens is 4. The number of nitrogens with two attached hydrogens (primary N) is 1. The van der Waals surface area contributed by atoms with Crippen molar-refractivity contribution in [1.82, 2.24) is 19.5 Å². The highest BCUT2D eigenvalue weighted by Gasteiger charge is 2.40. The highest BCUT2D eigenvalue weighted by atomic mass is 31.3. The lowest BCUT2D eigenvalue weighted by Gasteiger charge is -2.26. The van der Waals surface area contributed by atoms with Crippen LogP contribution in [0.3, 0.4) is 0 Å². The first kappa shape index (κ1) is 28.4. The van der Waals surface area contributed by atoms with Crippen molar-refractivity contribution in [3.63, 3.8) is 0 Å². The molecule has 0 spiro atoms. The van der Waals surface area contributed by atoms with Gasteiger partial charge in [0.1, 0.15) is 12.3 Å². The maximum Gasteiger partial charge on any atom is 0.487 e. The van der Waals surface area contributed by atoms with Crippen molar-refractivity contribution in [3.8, 4) is 5.88 Å². The first-order valence-electron chi connectivity index (χ1n) is 9.40. The van der Waals surface area contributed by atoms with Crippen molar-refractivity contribution in [1.29, 1.82) is 0 Å². The standard InChI is InChI=1S/C12H19N8O13P3/c1-5(18-19-14)30-11-9-10(16-12(13)17-11)20(4-15-9)8-2-6(21)7(31-8)3-29-35(25,26)33-36(27,28)32-34(22,23)24/h4-8,21H,2-3H2,1H3,(H,25,26)(H,27,28)(H2,13,16,17)(H2,22,23,24)/p-1/t5?,6-,7-,8-/m1/s1. The molecule has 3 unspecified atom stereocenters. The molecule has 0 amide bonds. The summed E-state index contributed by atoms with van der Waals surface area (Å²) in [5.74, 6) is -0.341. The minimum absolute atomic E-state index is 0.0954. The third kappa shape index (κ3) is 7.41. The highest BCUT2D eigenvalue weighted by molar-refractivity contribution is 7.66. The lowest BCUT2D eigenvalue weighted by atomic mass is 10.2. The summed E-state index contributed by atoms with van der Waals surface area (Å²) in [5, 5.41) is 13.6. The monoisotopic (exact) mass is 575 g/mol. The van der Waals surface area contributed by atoms with Crippen LogP contribution in [0.1, 0.15) is 19.6 Å². The maximum absolute atomic E-state index is 11.8. The van der Waals surface area contributed by atoms with Crippen molar-refractivity contribution in [2.45, 2.75) is 38.0 Å². The number of ether oxygens (including phenoxy) is 2. The molecule has 3 rings (SSSR count). The number of hydrogen-bond donors (Lipinski definition) is 5. The molecule has 200 valence electrons. The van der Waals surface area contributed by atoms with Gasteiger partial charge in [-0.05, 0) is 12.5 Å². The zero-order valence-corrected chi connectivity index (χ0v) is 20.5. The molecular formula is C12H18N8O13P3-. The molecule has 2 aromatic heterocycles. The molecule has 0 bridgehead atoms. The summed E-state index contributed by atoms with van der Waals surface area (Å²) in [5.41, 5.74) is 14.4. The van der Waals surface area contributed by atoms with Crippen LogP contribution in [0.5, 0.6) is 5.88 Å². The molecule has 21 nitrogen and oxygen atoms in total. The van der Waals surface area contributed by atoms with Gasteiger partial charge in [0.2, 0.25) is 11.8 Å². The van der Waals surface area contributed by atoms with Gasteiger partial charge in [0.05, 0.1) is 19.0 Å². The van der Waals surface area contributed by atoms with E-state index in [4.69, 9.17) is 35.4 Å². The van der Waals surface area contributed by atoms with E-state index >= 15 is 0 Å². The summed E-state index contributed by atoms with van der Waals surface area (Å²) in [6, 6.07) is 0. The van der Waals surface area contributed by atoms with Gasteiger partial charge in [-0.15, -0.1) is 0 Å². The van der Waals surface area contributed by atoms with E-state index in [1.54, 1.807) is 0 Å². The van der Waals surface area contributed by atoms with Crippen LogP contribution >= 0.6 is 23.5 Å². The molecule has 36 heavy (non-hydrogen) atoms. The van der Waals surface area contributed by atoms with E-state index in [-0.39, 0.29) is 29.4 Å². The number of fused-ring (bicyclic) bond motifs is 1. The van der Waals surface area contributed by atoms with Gasteiger partial charge in [-0.2, -0.15) is 14.3 Å². The molecule has 1 aliphatic heterocycles. The smallest absolute Gasteiger partial charge is 0.487 e. The number of hydrogen-bond acceptors (Lipinski definition) is 15. The number of aliphatic hydroxyl groups excluding tert-OH is 1. The van der Waals surface area contributed by atoms with Crippen molar-refractivity contribution < 1.29 is 61.0 Å². The molecule has 1 fully saturated rings. The van der Waals surface area contributed by atoms with Crippen LogP contribution in [0.4, 0.5) is 5.95 Å². The molecule has 0 saturated carbocycles. The van der Waals surface area contributed by atoms with Crippen molar-refractivity contribution >= 4 is 40.6 Å². The minimum atomic E-state index is -5.76. The molecule has 1 aliphatic rings. The maximum atomic E-state index is 11.8. The van der Waals surface area contributed by atoms with Gasteiger partial charge in [0, 0.05) is 11.3 Å². The van der Waals surface area contributed by atoms with Gasteiger partial charge in [-0.3, -0.25) is 9.13 Å². The summed E-state index contributed by atoms with van der Waals surface area (Å²) >= 11 is 0. The van der Waals surface area contributed by atoms with Crippen LogP contribution in [0.15, 0.2) is 11.4 Å². The Morgan fingerprint density at radius 2 is 2.06 bits per heavy atom. The number of azide groups is 1. The Labute approximate surface area is 199 Å². The Morgan fingerprint density at radius 3 is 2.69 bits per heavy atom. The van der Waals surface area contributed by atoms with E-state index in [1.165, 1.54) is 17.8 Å². The van der Waals surface area contributed by atoms with E-state index in [1.807, 2.05) is 0 Å². The lowest BCUT2D eigenvalue weighted by molar-refractivity contribution is -0.221. The molecular weight excluding hydrogens is 557 g/mol. The fraction of sp³-hybridized carbons (Fsp3) is 0.583. The van der Waals surface area contributed by atoms with E-state index in [9.17, 15) is 23.7 Å². The van der Waals surface area contributed by atoms with E-state index in [2.05, 4.69) is 38.1 Å². The third-order valence-corrected chi connectivity index (χ3v) is 7.99. The summed E-state index contributed by atoms with van der Waals surface area (Å²) < 4.78 is 57.6. The van der Waals surface area contributed by atoms with Gasteiger partial charge >= 0.3 is 15.6 Å². The Bertz CT molecular complexity index is 1310. The molecule has 24 heteroatoms. The number of phosphoric ester groups is 1. The molecule has 6 atom stereocenters. The fourth-order valence-electron chi connectivity index (χ4n) is 2.96. The van der Waals surface area contributed by atoms with Crippen molar-refractivity contribution in [2.75, 3.05) is 12.3 Å². The summed E-state index contributed by atoms with van der Waals surface area (Å²) in [7, 11) is -17.0. The minimum Gasteiger partial charge on any atom is -0.756 e. The molecule has 1 saturated heterocycles. The summed E-state index contributed by atoms with van der Waals surface area (Å²) in [6.45, 7) is 0.518. The third-order valence-electron chi connectivity index (χ3n) is 4.23. The van der Waals surface area contributed by atoms with E-state index < -0.39 is 54.7 Å². The number of phosphoric acid groups is 3. The normalized spacial score (nSPS) is 24.6. The van der Waals surface area contributed by atoms with E-state index in [0.717, 1.165) is 0 Å². The van der Waals surface area contributed by atoms with Gasteiger partial charge in [-0.25, -0.2) is 18.4 Å². The predicted molar refractivity (Wildman–Crippen MR) is 111 cm³/mol. The lowest BCUT2D eigenvalue weighted by Crippen LogP contribution is -2.27. The SMILES string of the molecule is CC(N=[N+]=[N-])Oc1nc(N)nc2c1ncn2[C@H]1C[C@@H](O)[C@@H](COP(=O)([O-])OP(=O)(O)OP(=O)(O)O)O1. The largest absolute Gasteiger partial charge is 0.756 e. The molecule has 3 heterocycles. The number of rotatable bonds is 11. The van der Waals surface area contributed by atoms with Gasteiger partial charge < -0.3 is 44.4 Å². The van der Waals surface area contributed by atoms with E-state index in [0.29, 0.717) is 0 Å². The second-order valence-electron chi connectivity index (χ2n) is 6.93. The Morgan fingerprint density at radius 1 is 1.36 bits per heavy atom. The van der Waals surface area contributed by atoms with Crippen LogP contribution in [0.2, 0.25) is 0 Å². The quantitative estimate of drug-likeness (QED) is 0.100. The second kappa shape index (κ2) is 10.6. The average molecular weight is 575 g/mol. The first-order chi connectivity index (χ1) is 16.6. The Balaban J connectivity index is 1.71. The Hall–Kier alpha value is -2.21. The molecule has 2 aromatic rings. The second-order valence-corrected chi connectivity index (χ2v) is 11.3. The zero-order valence-electron chi connectivity index (χ0n) is 17.8. The van der Waals surface area contributed by atoms with Crippen molar-refractivity contribution in [2.24, 2.45) is 5.11 Å². The summed E-state index contributed by atoms with van der Waals surface area (Å²) in [6.07, 6.45) is -3.47. The molecule has 0 aromatic carbocycles. The zero-order chi connectivity index (χ0) is 26.9. The van der Waals surface area contributed by atoms with Crippen LogP contribution in [-0.4, -0.2) is 64.3 Å². The molecule has 0 radical (unpaired) electrons. The van der Waals surface area contributed by atoms with Crippen LogP contribution in [0.25, 0.3) is 21.6 Å². The number of imidazole rings is 1. The van der Waals surface area contributed by atoms with Crippen LogP contribution in [-0.2, 0) is 31.6 Å². The van der Waals surface area contributed by atoms with Gasteiger partial charge in [0.25, 0.3) is 7.82 Å². The number of aliphatic hydroxyl groups is 1. The highest BCUT2D eigenvalue weighted by Crippen LogP contribution is 2.65. The van der Waals surface area contributed by atoms with Gasteiger partial charge in [0.15, 0.2) is 17.4 Å². The first-order valence-corrected chi connectivity index (χ1v) is 13.9. The molecule has 0 aliphatic carbocycles. The number of nitrogens with zero attached hydrogens (tertiary/aromatic N) is 7. The average Bonchev–Trinajstić information content (AvgIpc) is 3.27. The van der Waals surface area contributed by atoms with Crippen LogP contribution in [0, 0.1) is 0 Å². The van der Waals surface area contributed by atoms with Crippen molar-refractivity contribution in [3.05, 3.63) is 16.8 Å². The topological polar surface area (TPSA) is 320 Å². The Kier molecular flexibility index (Phi) is 8.39. The summed E-state index contributed by atoms with van der Waals surface area (Å²) in [4.78, 5) is 52.6.